The lowest BCUT2D eigenvalue weighted by Gasteiger charge is -2.39. The van der Waals surface area contributed by atoms with Crippen molar-refractivity contribution >= 4 is 23.4 Å². The van der Waals surface area contributed by atoms with Gasteiger partial charge in [0.1, 0.15) is 12.1 Å². The summed E-state index contributed by atoms with van der Waals surface area (Å²) in [6.07, 6.45) is 9.37. The summed E-state index contributed by atoms with van der Waals surface area (Å²) < 4.78 is 0. The highest BCUT2D eigenvalue weighted by Crippen LogP contribution is 2.34. The number of halogens is 1. The summed E-state index contributed by atoms with van der Waals surface area (Å²) in [5.74, 6) is 0.712. The molecule has 3 heterocycles. The van der Waals surface area contributed by atoms with Crippen molar-refractivity contribution in [2.45, 2.75) is 32.9 Å². The highest BCUT2D eigenvalue weighted by Gasteiger charge is 2.40. The SMILES string of the molecule is C=C/C=C(Cl)\C(=C\C)N1Cc2cncnc2N(C2CCN(CC)C2)C1=O. The highest BCUT2D eigenvalue weighted by atomic mass is 35.5. The van der Waals surface area contributed by atoms with Gasteiger partial charge in [-0.2, -0.15) is 0 Å². The average Bonchev–Trinajstić information content (AvgIpc) is 3.11. The van der Waals surface area contributed by atoms with Gasteiger partial charge in [-0.3, -0.25) is 9.80 Å². The Balaban J connectivity index is 2.00. The molecule has 1 unspecified atom stereocenters. The number of anilines is 1. The fraction of sp³-hybridized carbons (Fsp3) is 0.421. The third kappa shape index (κ3) is 3.39. The molecule has 26 heavy (non-hydrogen) atoms. The molecule has 0 bridgehead atoms. The molecule has 0 aromatic carbocycles. The molecule has 1 aromatic rings. The molecule has 2 aliphatic heterocycles. The van der Waals surface area contributed by atoms with Crippen LogP contribution < -0.4 is 4.90 Å². The first kappa shape index (κ1) is 18.6. The summed E-state index contributed by atoms with van der Waals surface area (Å²) in [5.41, 5.74) is 1.59. The van der Waals surface area contributed by atoms with Gasteiger partial charge in [0.25, 0.3) is 0 Å². The zero-order valence-corrected chi connectivity index (χ0v) is 16.0. The van der Waals surface area contributed by atoms with Crippen molar-refractivity contribution in [3.8, 4) is 0 Å². The minimum Gasteiger partial charge on any atom is -0.301 e. The smallest absolute Gasteiger partial charge is 0.301 e. The van der Waals surface area contributed by atoms with E-state index in [-0.39, 0.29) is 12.1 Å². The van der Waals surface area contributed by atoms with Gasteiger partial charge < -0.3 is 4.90 Å². The van der Waals surface area contributed by atoms with Crippen LogP contribution in [-0.4, -0.2) is 51.5 Å². The molecular weight excluding hydrogens is 350 g/mol. The molecule has 0 N–H and O–H groups in total. The van der Waals surface area contributed by atoms with Crippen LogP contribution in [0.25, 0.3) is 0 Å². The Kier molecular flexibility index (Phi) is 5.74. The Morgan fingerprint density at radius 2 is 2.31 bits per heavy atom. The van der Waals surface area contributed by atoms with E-state index in [9.17, 15) is 4.79 Å². The molecule has 2 amide bonds. The number of aromatic nitrogens is 2. The predicted molar refractivity (Wildman–Crippen MR) is 104 cm³/mol. The third-order valence-corrected chi connectivity index (χ3v) is 5.21. The van der Waals surface area contributed by atoms with Crippen molar-refractivity contribution < 1.29 is 4.79 Å². The number of likely N-dealkylation sites (N-methyl/N-ethyl adjacent to an activating group) is 1. The normalized spacial score (nSPS) is 22.0. The Labute approximate surface area is 159 Å². The van der Waals surface area contributed by atoms with Gasteiger partial charge in [0, 0.05) is 24.8 Å². The van der Waals surface area contributed by atoms with Gasteiger partial charge in [-0.15, -0.1) is 0 Å². The summed E-state index contributed by atoms with van der Waals surface area (Å²) >= 11 is 6.40. The molecule has 1 saturated heterocycles. The van der Waals surface area contributed by atoms with Gasteiger partial charge >= 0.3 is 6.03 Å². The second-order valence-corrected chi connectivity index (χ2v) is 6.78. The molecule has 1 atom stereocenters. The van der Waals surface area contributed by atoms with Gasteiger partial charge in [-0.1, -0.05) is 37.3 Å². The van der Waals surface area contributed by atoms with Crippen molar-refractivity contribution in [3.05, 3.63) is 53.6 Å². The number of rotatable bonds is 5. The fourth-order valence-corrected chi connectivity index (χ4v) is 3.88. The molecule has 3 rings (SSSR count). The van der Waals surface area contributed by atoms with Crippen LogP contribution in [0.4, 0.5) is 10.6 Å². The van der Waals surface area contributed by atoms with E-state index in [4.69, 9.17) is 11.6 Å². The molecule has 138 valence electrons. The maximum Gasteiger partial charge on any atom is 0.330 e. The van der Waals surface area contributed by atoms with Crippen LogP contribution in [0, 0.1) is 0 Å². The Morgan fingerprint density at radius 1 is 1.50 bits per heavy atom. The number of fused-ring (bicyclic) bond motifs is 1. The Hall–Kier alpha value is -2.18. The minimum atomic E-state index is -0.0946. The molecule has 1 fully saturated rings. The number of likely N-dealkylation sites (tertiary alicyclic amines) is 1. The van der Waals surface area contributed by atoms with Crippen LogP contribution in [-0.2, 0) is 6.54 Å². The summed E-state index contributed by atoms with van der Waals surface area (Å²) in [7, 11) is 0. The van der Waals surface area contributed by atoms with Crippen LogP contribution in [0.5, 0.6) is 0 Å². The number of urea groups is 1. The van der Waals surface area contributed by atoms with Crippen LogP contribution in [0.2, 0.25) is 0 Å². The van der Waals surface area contributed by atoms with Gasteiger partial charge in [0.05, 0.1) is 23.3 Å². The largest absolute Gasteiger partial charge is 0.330 e. The number of hydrogen-bond acceptors (Lipinski definition) is 4. The molecule has 2 aliphatic rings. The Morgan fingerprint density at radius 3 is 2.96 bits per heavy atom. The van der Waals surface area contributed by atoms with Crippen LogP contribution >= 0.6 is 11.6 Å². The van der Waals surface area contributed by atoms with Crippen LogP contribution in [0.15, 0.2) is 48.1 Å². The second-order valence-electron chi connectivity index (χ2n) is 6.37. The lowest BCUT2D eigenvalue weighted by Crippen LogP contribution is -2.52. The molecule has 0 aliphatic carbocycles. The number of allylic oxidation sites excluding steroid dienone is 4. The second kappa shape index (κ2) is 8.01. The van der Waals surface area contributed by atoms with Crippen molar-refractivity contribution in [3.63, 3.8) is 0 Å². The standard InChI is InChI=1S/C19H24ClN5O/c1-4-7-16(20)17(5-2)24-11-14-10-21-13-22-18(14)25(19(24)26)15-8-9-23(6-3)12-15/h4-5,7,10,13,15H,1,6,8-9,11-12H2,2-3H3/b16-7+,17-5-. The first-order valence-electron chi connectivity index (χ1n) is 8.87. The topological polar surface area (TPSA) is 52.6 Å². The van der Waals surface area contributed by atoms with E-state index in [2.05, 4.69) is 28.4 Å². The molecule has 0 saturated carbocycles. The number of carbonyl (C=O) groups is 1. The van der Waals surface area contributed by atoms with Gasteiger partial charge in [-0.25, -0.2) is 14.8 Å². The molecule has 0 radical (unpaired) electrons. The summed E-state index contributed by atoms with van der Waals surface area (Å²) in [5, 5.41) is 0.484. The first-order chi connectivity index (χ1) is 12.6. The van der Waals surface area contributed by atoms with E-state index in [1.807, 2.05) is 17.9 Å². The van der Waals surface area contributed by atoms with E-state index in [0.29, 0.717) is 23.1 Å². The lowest BCUT2D eigenvalue weighted by atomic mass is 10.1. The maximum atomic E-state index is 13.4. The number of amides is 2. The summed E-state index contributed by atoms with van der Waals surface area (Å²) in [6, 6.07) is 0.00188. The van der Waals surface area contributed by atoms with E-state index in [1.165, 1.54) is 6.33 Å². The highest BCUT2D eigenvalue weighted by molar-refractivity contribution is 6.32. The molecular formula is C19H24ClN5O. The van der Waals surface area contributed by atoms with E-state index >= 15 is 0 Å². The van der Waals surface area contributed by atoms with Gasteiger partial charge in [-0.05, 0) is 26.0 Å². The predicted octanol–water partition coefficient (Wildman–Crippen LogP) is 3.53. The van der Waals surface area contributed by atoms with Gasteiger partial charge in [0.2, 0.25) is 0 Å². The number of carbonyl (C=O) groups excluding carboxylic acids is 1. The quantitative estimate of drug-likeness (QED) is 0.741. The van der Waals surface area contributed by atoms with E-state index in [0.717, 1.165) is 31.6 Å². The van der Waals surface area contributed by atoms with Gasteiger partial charge in [0.15, 0.2) is 0 Å². The molecule has 1 aromatic heterocycles. The maximum absolute atomic E-state index is 13.4. The van der Waals surface area contributed by atoms with Crippen LogP contribution in [0.1, 0.15) is 25.8 Å². The molecule has 6 nitrogen and oxygen atoms in total. The number of nitrogens with zero attached hydrogens (tertiary/aromatic N) is 5. The van der Waals surface area contributed by atoms with Crippen molar-refractivity contribution in [1.29, 1.82) is 0 Å². The Bertz CT molecular complexity index is 760. The summed E-state index contributed by atoms with van der Waals surface area (Å²) in [4.78, 5) is 27.8. The molecule has 7 heteroatoms. The zero-order chi connectivity index (χ0) is 18.7. The number of hydrogen-bond donors (Lipinski definition) is 0. The summed E-state index contributed by atoms with van der Waals surface area (Å²) in [6.45, 7) is 10.9. The average molecular weight is 374 g/mol. The minimum absolute atomic E-state index is 0.0946. The third-order valence-electron chi connectivity index (χ3n) is 4.89. The zero-order valence-electron chi connectivity index (χ0n) is 15.2. The molecule has 0 spiro atoms. The fourth-order valence-electron chi connectivity index (χ4n) is 3.58. The first-order valence-corrected chi connectivity index (χ1v) is 9.25. The van der Waals surface area contributed by atoms with E-state index in [1.54, 1.807) is 23.2 Å². The van der Waals surface area contributed by atoms with Crippen molar-refractivity contribution in [1.82, 2.24) is 19.8 Å². The lowest BCUT2D eigenvalue weighted by molar-refractivity contribution is 0.210. The van der Waals surface area contributed by atoms with Crippen LogP contribution in [0.3, 0.4) is 0 Å². The van der Waals surface area contributed by atoms with E-state index < -0.39 is 0 Å². The monoisotopic (exact) mass is 373 g/mol. The van der Waals surface area contributed by atoms with Crippen molar-refractivity contribution in [2.24, 2.45) is 0 Å². The van der Waals surface area contributed by atoms with Crippen molar-refractivity contribution in [2.75, 3.05) is 24.5 Å².